The molecule has 19 heavy (non-hydrogen) atoms. The fourth-order valence-electron chi connectivity index (χ4n) is 1.54. The second-order valence-electron chi connectivity index (χ2n) is 3.97. The van der Waals surface area contributed by atoms with Gasteiger partial charge in [0.1, 0.15) is 5.75 Å². The van der Waals surface area contributed by atoms with Crippen LogP contribution in [0.25, 0.3) is 0 Å². The van der Waals surface area contributed by atoms with Gasteiger partial charge in [-0.05, 0) is 19.0 Å². The highest BCUT2D eigenvalue weighted by molar-refractivity contribution is 6.42. The van der Waals surface area contributed by atoms with E-state index in [1.807, 2.05) is 0 Å². The minimum Gasteiger partial charge on any atom is -0.496 e. The second-order valence-corrected chi connectivity index (χ2v) is 4.79. The van der Waals surface area contributed by atoms with Crippen molar-refractivity contribution in [2.24, 2.45) is 0 Å². The number of amides is 1. The molecule has 1 aromatic carbocycles. The number of methoxy groups -OCH3 is 1. The normalized spacial score (nSPS) is 10.3. The van der Waals surface area contributed by atoms with E-state index in [4.69, 9.17) is 27.9 Å². The molecule has 1 rings (SSSR count). The first kappa shape index (κ1) is 16.1. The third kappa shape index (κ3) is 4.90. The molecule has 0 atom stereocenters. The Kier molecular flexibility index (Phi) is 6.99. The SMILES string of the molecule is CCCNCCNC(=O)c1cc(Cl)c(Cl)cc1OC. The number of hydrogen-bond donors (Lipinski definition) is 2. The van der Waals surface area contributed by atoms with Gasteiger partial charge in [0.15, 0.2) is 0 Å². The van der Waals surface area contributed by atoms with E-state index in [1.165, 1.54) is 19.2 Å². The number of rotatable bonds is 7. The van der Waals surface area contributed by atoms with Crippen LogP contribution in [0.3, 0.4) is 0 Å². The number of halogens is 2. The lowest BCUT2D eigenvalue weighted by atomic mass is 10.2. The van der Waals surface area contributed by atoms with Gasteiger partial charge in [0.2, 0.25) is 0 Å². The Morgan fingerprint density at radius 3 is 2.53 bits per heavy atom. The largest absolute Gasteiger partial charge is 0.496 e. The van der Waals surface area contributed by atoms with Crippen LogP contribution in [0.4, 0.5) is 0 Å². The Morgan fingerprint density at radius 1 is 1.21 bits per heavy atom. The number of nitrogens with one attached hydrogen (secondary N) is 2. The predicted octanol–water partition coefficient (Wildman–Crippen LogP) is 2.73. The van der Waals surface area contributed by atoms with Gasteiger partial charge in [-0.3, -0.25) is 4.79 Å². The summed E-state index contributed by atoms with van der Waals surface area (Å²) in [5, 5.41) is 6.69. The maximum Gasteiger partial charge on any atom is 0.255 e. The highest BCUT2D eigenvalue weighted by Gasteiger charge is 2.14. The van der Waals surface area contributed by atoms with Crippen molar-refractivity contribution in [3.05, 3.63) is 27.7 Å². The Hall–Kier alpha value is -0.970. The fraction of sp³-hybridized carbons (Fsp3) is 0.462. The Morgan fingerprint density at radius 2 is 1.89 bits per heavy atom. The summed E-state index contributed by atoms with van der Waals surface area (Å²) in [5.41, 5.74) is 0.382. The van der Waals surface area contributed by atoms with E-state index in [1.54, 1.807) is 0 Å². The molecule has 0 bridgehead atoms. The number of hydrogen-bond acceptors (Lipinski definition) is 3. The summed E-state index contributed by atoms with van der Waals surface area (Å²) in [4.78, 5) is 12.0. The molecule has 0 heterocycles. The lowest BCUT2D eigenvalue weighted by Gasteiger charge is -2.11. The number of benzene rings is 1. The summed E-state index contributed by atoms with van der Waals surface area (Å²) in [7, 11) is 1.49. The third-order valence-electron chi connectivity index (χ3n) is 2.50. The zero-order chi connectivity index (χ0) is 14.3. The summed E-state index contributed by atoms with van der Waals surface area (Å²) in [6, 6.07) is 3.05. The van der Waals surface area contributed by atoms with Gasteiger partial charge < -0.3 is 15.4 Å². The number of carbonyl (C=O) groups excluding carboxylic acids is 1. The highest BCUT2D eigenvalue weighted by Crippen LogP contribution is 2.30. The van der Waals surface area contributed by atoms with Gasteiger partial charge in [-0.25, -0.2) is 0 Å². The highest BCUT2D eigenvalue weighted by atomic mass is 35.5. The van der Waals surface area contributed by atoms with Crippen LogP contribution in [0.2, 0.25) is 10.0 Å². The van der Waals surface area contributed by atoms with Crippen molar-refractivity contribution in [3.63, 3.8) is 0 Å². The van der Waals surface area contributed by atoms with E-state index >= 15 is 0 Å². The topological polar surface area (TPSA) is 50.4 Å². The van der Waals surface area contributed by atoms with E-state index in [-0.39, 0.29) is 5.91 Å². The van der Waals surface area contributed by atoms with Crippen molar-refractivity contribution >= 4 is 29.1 Å². The van der Waals surface area contributed by atoms with Gasteiger partial charge >= 0.3 is 0 Å². The van der Waals surface area contributed by atoms with E-state index < -0.39 is 0 Å². The van der Waals surface area contributed by atoms with Gasteiger partial charge in [-0.1, -0.05) is 30.1 Å². The molecule has 2 N–H and O–H groups in total. The van der Waals surface area contributed by atoms with Crippen LogP contribution in [0.1, 0.15) is 23.7 Å². The van der Waals surface area contributed by atoms with E-state index in [0.29, 0.717) is 27.9 Å². The molecule has 0 aliphatic heterocycles. The van der Waals surface area contributed by atoms with Crippen molar-refractivity contribution in [1.29, 1.82) is 0 Å². The van der Waals surface area contributed by atoms with Gasteiger partial charge in [-0.2, -0.15) is 0 Å². The molecule has 106 valence electrons. The maximum absolute atomic E-state index is 12.0. The number of ether oxygens (including phenoxy) is 1. The van der Waals surface area contributed by atoms with Crippen LogP contribution >= 0.6 is 23.2 Å². The molecule has 0 aliphatic carbocycles. The summed E-state index contributed by atoms with van der Waals surface area (Å²) in [6.07, 6.45) is 1.06. The minimum absolute atomic E-state index is 0.228. The molecule has 1 aromatic rings. The molecule has 0 saturated carbocycles. The van der Waals surface area contributed by atoms with E-state index in [2.05, 4.69) is 17.6 Å². The van der Waals surface area contributed by atoms with Crippen molar-refractivity contribution < 1.29 is 9.53 Å². The molecule has 4 nitrogen and oxygen atoms in total. The summed E-state index contributed by atoms with van der Waals surface area (Å²) in [5.74, 6) is 0.183. The summed E-state index contributed by atoms with van der Waals surface area (Å²) >= 11 is 11.8. The molecular weight excluding hydrogens is 287 g/mol. The van der Waals surface area contributed by atoms with E-state index in [9.17, 15) is 4.79 Å². The van der Waals surface area contributed by atoms with Gasteiger partial charge in [0, 0.05) is 19.2 Å². The standard InChI is InChI=1S/C13H18Cl2N2O2/c1-3-4-16-5-6-17-13(18)9-7-10(14)11(15)8-12(9)19-2/h7-8,16H,3-6H2,1-2H3,(H,17,18). The van der Waals surface area contributed by atoms with Crippen LogP contribution in [0, 0.1) is 0 Å². The van der Waals surface area contributed by atoms with Gasteiger partial charge in [-0.15, -0.1) is 0 Å². The smallest absolute Gasteiger partial charge is 0.255 e. The van der Waals surface area contributed by atoms with Gasteiger partial charge in [0.25, 0.3) is 5.91 Å². The van der Waals surface area contributed by atoms with Crippen molar-refractivity contribution in [2.75, 3.05) is 26.7 Å². The third-order valence-corrected chi connectivity index (χ3v) is 3.22. The van der Waals surface area contributed by atoms with Crippen molar-refractivity contribution in [2.45, 2.75) is 13.3 Å². The monoisotopic (exact) mass is 304 g/mol. The Bertz CT molecular complexity index is 439. The predicted molar refractivity (Wildman–Crippen MR) is 78.5 cm³/mol. The molecule has 6 heteroatoms. The van der Waals surface area contributed by atoms with Crippen LogP contribution in [-0.2, 0) is 0 Å². The van der Waals surface area contributed by atoms with Crippen LogP contribution < -0.4 is 15.4 Å². The summed E-state index contributed by atoms with van der Waals surface area (Å²) in [6.45, 7) is 4.30. The maximum atomic E-state index is 12.0. The Labute approximate surface area is 123 Å². The Balaban J connectivity index is 2.63. The first-order valence-electron chi connectivity index (χ1n) is 6.12. The van der Waals surface area contributed by atoms with Crippen molar-refractivity contribution in [1.82, 2.24) is 10.6 Å². The van der Waals surface area contributed by atoms with Gasteiger partial charge in [0.05, 0.1) is 22.7 Å². The fourth-order valence-corrected chi connectivity index (χ4v) is 1.85. The molecule has 0 radical (unpaired) electrons. The number of carbonyl (C=O) groups is 1. The first-order valence-corrected chi connectivity index (χ1v) is 6.87. The van der Waals surface area contributed by atoms with E-state index in [0.717, 1.165) is 19.5 Å². The molecular formula is C13H18Cl2N2O2. The van der Waals surface area contributed by atoms with Crippen LogP contribution in [0.15, 0.2) is 12.1 Å². The molecule has 0 aliphatic rings. The second kappa shape index (κ2) is 8.25. The quantitative estimate of drug-likeness (QED) is 0.762. The lowest BCUT2D eigenvalue weighted by molar-refractivity contribution is 0.0951. The molecule has 0 unspecified atom stereocenters. The van der Waals surface area contributed by atoms with Crippen LogP contribution in [-0.4, -0.2) is 32.7 Å². The zero-order valence-electron chi connectivity index (χ0n) is 11.1. The summed E-state index contributed by atoms with van der Waals surface area (Å²) < 4.78 is 5.13. The molecule has 0 spiro atoms. The molecule has 0 aromatic heterocycles. The molecule has 0 saturated heterocycles. The first-order chi connectivity index (χ1) is 9.10. The van der Waals surface area contributed by atoms with Crippen LogP contribution in [0.5, 0.6) is 5.75 Å². The zero-order valence-corrected chi connectivity index (χ0v) is 12.6. The minimum atomic E-state index is -0.228. The average Bonchev–Trinajstić information content (AvgIpc) is 2.40. The average molecular weight is 305 g/mol. The molecule has 1 amide bonds. The molecule has 0 fully saturated rings. The lowest BCUT2D eigenvalue weighted by Crippen LogP contribution is -2.32. The van der Waals surface area contributed by atoms with Crippen molar-refractivity contribution in [3.8, 4) is 5.75 Å².